The zero-order valence-electron chi connectivity index (χ0n) is 9.83. The van der Waals surface area contributed by atoms with E-state index in [1.165, 1.54) is 12.8 Å². The predicted octanol–water partition coefficient (Wildman–Crippen LogP) is 0.891. The highest BCUT2D eigenvalue weighted by molar-refractivity contribution is 5.88. The molecular weight excluding hydrogens is 202 g/mol. The lowest BCUT2D eigenvalue weighted by molar-refractivity contribution is -0.124. The van der Waals surface area contributed by atoms with Gasteiger partial charge >= 0.3 is 0 Å². The van der Waals surface area contributed by atoms with Gasteiger partial charge in [0, 0.05) is 12.6 Å². The Morgan fingerprint density at radius 1 is 1.56 bits per heavy atom. The summed E-state index contributed by atoms with van der Waals surface area (Å²) in [6.07, 6.45) is 5.11. The van der Waals surface area contributed by atoms with E-state index in [1.54, 1.807) is 0 Å². The fourth-order valence-electron chi connectivity index (χ4n) is 2.30. The molecule has 2 fully saturated rings. The van der Waals surface area contributed by atoms with Gasteiger partial charge in [0.2, 0.25) is 5.91 Å². The molecule has 2 rings (SSSR count). The van der Waals surface area contributed by atoms with Gasteiger partial charge in [0.05, 0.1) is 6.07 Å². The highest BCUT2D eigenvalue weighted by Gasteiger charge is 2.50. The second kappa shape index (κ2) is 4.42. The van der Waals surface area contributed by atoms with Crippen molar-refractivity contribution < 1.29 is 4.79 Å². The molecule has 16 heavy (non-hydrogen) atoms. The molecule has 2 aliphatic rings. The average Bonchev–Trinajstić information content (AvgIpc) is 3.08. The maximum Gasteiger partial charge on any atom is 0.240 e. The van der Waals surface area contributed by atoms with Gasteiger partial charge in [-0.3, -0.25) is 4.79 Å². The molecule has 1 amide bonds. The maximum atomic E-state index is 11.8. The number of amides is 1. The Labute approximate surface area is 96.6 Å². The summed E-state index contributed by atoms with van der Waals surface area (Å²) in [5, 5.41) is 11.8. The van der Waals surface area contributed by atoms with Crippen molar-refractivity contribution in [2.24, 2.45) is 5.41 Å². The molecule has 0 aromatic rings. The molecule has 1 N–H and O–H groups in total. The molecule has 1 unspecified atom stereocenters. The van der Waals surface area contributed by atoms with Gasteiger partial charge in [-0.05, 0) is 39.3 Å². The van der Waals surface area contributed by atoms with E-state index < -0.39 is 5.41 Å². The molecule has 1 saturated heterocycles. The van der Waals surface area contributed by atoms with Crippen LogP contribution in [0.15, 0.2) is 0 Å². The average molecular weight is 221 g/mol. The molecule has 0 aromatic heterocycles. The van der Waals surface area contributed by atoms with Crippen LogP contribution in [-0.4, -0.2) is 37.0 Å². The molecule has 88 valence electrons. The first-order chi connectivity index (χ1) is 7.68. The first kappa shape index (κ1) is 11.4. The van der Waals surface area contributed by atoms with Crippen LogP contribution >= 0.6 is 0 Å². The van der Waals surface area contributed by atoms with Crippen molar-refractivity contribution >= 4 is 5.91 Å². The standard InChI is InChI=1S/C12H19N3O/c1-15-7-3-2-4-10(15)8-14-11(16)12(9-13)5-6-12/h10H,2-8H2,1H3,(H,14,16). The fraction of sp³-hybridized carbons (Fsp3) is 0.833. The van der Waals surface area contributed by atoms with E-state index in [1.807, 2.05) is 0 Å². The van der Waals surface area contributed by atoms with Crippen LogP contribution in [0.1, 0.15) is 32.1 Å². The van der Waals surface area contributed by atoms with Crippen LogP contribution in [0.25, 0.3) is 0 Å². The molecule has 1 atom stereocenters. The molecule has 0 aromatic carbocycles. The number of likely N-dealkylation sites (tertiary alicyclic amines) is 1. The minimum absolute atomic E-state index is 0.0611. The van der Waals surface area contributed by atoms with Gasteiger partial charge in [-0.2, -0.15) is 5.26 Å². The van der Waals surface area contributed by atoms with Crippen molar-refractivity contribution in [3.05, 3.63) is 0 Å². The molecule has 4 heteroatoms. The zero-order chi connectivity index (χ0) is 11.6. The Morgan fingerprint density at radius 2 is 2.31 bits per heavy atom. The highest BCUT2D eigenvalue weighted by Crippen LogP contribution is 2.44. The lowest BCUT2D eigenvalue weighted by Crippen LogP contribution is -2.46. The summed E-state index contributed by atoms with van der Waals surface area (Å²) >= 11 is 0. The number of carbonyl (C=O) groups is 1. The smallest absolute Gasteiger partial charge is 0.240 e. The van der Waals surface area contributed by atoms with Crippen molar-refractivity contribution in [2.75, 3.05) is 20.1 Å². The Bertz CT molecular complexity index is 317. The topological polar surface area (TPSA) is 56.1 Å². The first-order valence-corrected chi connectivity index (χ1v) is 6.08. The largest absolute Gasteiger partial charge is 0.353 e. The van der Waals surface area contributed by atoms with Crippen molar-refractivity contribution in [3.63, 3.8) is 0 Å². The van der Waals surface area contributed by atoms with E-state index in [2.05, 4.69) is 23.3 Å². The Morgan fingerprint density at radius 3 is 2.88 bits per heavy atom. The summed E-state index contributed by atoms with van der Waals surface area (Å²) in [7, 11) is 2.10. The molecule has 0 radical (unpaired) electrons. The maximum absolute atomic E-state index is 11.8. The van der Waals surface area contributed by atoms with Crippen LogP contribution in [-0.2, 0) is 4.79 Å². The number of nitrogens with zero attached hydrogens (tertiary/aromatic N) is 2. The van der Waals surface area contributed by atoms with Crippen LogP contribution in [0.3, 0.4) is 0 Å². The molecule has 1 saturated carbocycles. The Kier molecular flexibility index (Phi) is 3.15. The minimum atomic E-state index is -0.673. The highest BCUT2D eigenvalue weighted by atomic mass is 16.2. The van der Waals surface area contributed by atoms with Crippen molar-refractivity contribution in [1.29, 1.82) is 5.26 Å². The monoisotopic (exact) mass is 221 g/mol. The number of hydrogen-bond donors (Lipinski definition) is 1. The van der Waals surface area contributed by atoms with Crippen molar-refractivity contribution in [2.45, 2.75) is 38.1 Å². The number of rotatable bonds is 3. The minimum Gasteiger partial charge on any atom is -0.353 e. The van der Waals surface area contributed by atoms with E-state index in [0.29, 0.717) is 12.6 Å². The summed E-state index contributed by atoms with van der Waals surface area (Å²) in [5.41, 5.74) is -0.673. The number of nitriles is 1. The van der Waals surface area contributed by atoms with Crippen molar-refractivity contribution in [1.82, 2.24) is 10.2 Å². The SMILES string of the molecule is CN1CCCCC1CNC(=O)C1(C#N)CC1. The second-order valence-electron chi connectivity index (χ2n) is 5.03. The summed E-state index contributed by atoms with van der Waals surface area (Å²) in [4.78, 5) is 14.1. The van der Waals surface area contributed by atoms with Gasteiger partial charge in [-0.1, -0.05) is 6.42 Å². The van der Waals surface area contributed by atoms with Crippen molar-refractivity contribution in [3.8, 4) is 6.07 Å². The number of nitrogens with one attached hydrogen (secondary N) is 1. The number of carbonyl (C=O) groups excluding carboxylic acids is 1. The van der Waals surface area contributed by atoms with E-state index >= 15 is 0 Å². The van der Waals surface area contributed by atoms with Gasteiger partial charge in [-0.25, -0.2) is 0 Å². The van der Waals surface area contributed by atoms with E-state index in [4.69, 9.17) is 5.26 Å². The van der Waals surface area contributed by atoms with Gasteiger partial charge in [0.25, 0.3) is 0 Å². The fourth-order valence-corrected chi connectivity index (χ4v) is 2.30. The Hall–Kier alpha value is -1.08. The van der Waals surface area contributed by atoms with Gasteiger partial charge in [-0.15, -0.1) is 0 Å². The third-order valence-corrected chi connectivity index (χ3v) is 3.82. The molecule has 1 aliphatic carbocycles. The van der Waals surface area contributed by atoms with Crippen LogP contribution in [0.4, 0.5) is 0 Å². The molecule has 1 aliphatic heterocycles. The van der Waals surface area contributed by atoms with Crippen LogP contribution < -0.4 is 5.32 Å². The molecule has 1 heterocycles. The van der Waals surface area contributed by atoms with E-state index in [-0.39, 0.29) is 5.91 Å². The lowest BCUT2D eigenvalue weighted by atomic mass is 10.0. The zero-order valence-corrected chi connectivity index (χ0v) is 9.83. The Balaban J connectivity index is 1.79. The third kappa shape index (κ3) is 2.19. The third-order valence-electron chi connectivity index (χ3n) is 3.82. The molecule has 4 nitrogen and oxygen atoms in total. The number of hydrogen-bond acceptors (Lipinski definition) is 3. The first-order valence-electron chi connectivity index (χ1n) is 6.08. The van der Waals surface area contributed by atoms with Crippen LogP contribution in [0.2, 0.25) is 0 Å². The second-order valence-corrected chi connectivity index (χ2v) is 5.03. The summed E-state index contributed by atoms with van der Waals surface area (Å²) in [6.45, 7) is 1.81. The quantitative estimate of drug-likeness (QED) is 0.770. The lowest BCUT2D eigenvalue weighted by Gasteiger charge is -2.32. The van der Waals surface area contributed by atoms with Gasteiger partial charge in [0.15, 0.2) is 0 Å². The van der Waals surface area contributed by atoms with E-state index in [0.717, 1.165) is 25.8 Å². The predicted molar refractivity (Wildman–Crippen MR) is 60.6 cm³/mol. The normalized spacial score (nSPS) is 28.1. The summed E-state index contributed by atoms with van der Waals surface area (Å²) in [5.74, 6) is -0.0611. The van der Waals surface area contributed by atoms with Crippen LogP contribution in [0.5, 0.6) is 0 Å². The number of likely N-dealkylation sites (N-methyl/N-ethyl adjacent to an activating group) is 1. The molecule has 0 bridgehead atoms. The molecule has 0 spiro atoms. The summed E-state index contributed by atoms with van der Waals surface area (Å²) < 4.78 is 0. The van der Waals surface area contributed by atoms with Gasteiger partial charge in [0.1, 0.15) is 5.41 Å². The van der Waals surface area contributed by atoms with Gasteiger partial charge < -0.3 is 10.2 Å². The molecular formula is C12H19N3O. The summed E-state index contributed by atoms with van der Waals surface area (Å²) in [6, 6.07) is 2.58. The number of piperidine rings is 1. The van der Waals surface area contributed by atoms with E-state index in [9.17, 15) is 4.79 Å². The van der Waals surface area contributed by atoms with Crippen LogP contribution in [0, 0.1) is 16.7 Å².